The number of hydrogen-bond donors (Lipinski definition) is 0. The van der Waals surface area contributed by atoms with Gasteiger partial charge in [-0.2, -0.15) is 0 Å². The Bertz CT molecular complexity index is 379. The van der Waals surface area contributed by atoms with Crippen LogP contribution in [0.15, 0.2) is 30.3 Å². The lowest BCUT2D eigenvalue weighted by Gasteiger charge is -2.04. The van der Waals surface area contributed by atoms with Crippen molar-refractivity contribution < 1.29 is 0 Å². The molecule has 0 N–H and O–H groups in total. The van der Waals surface area contributed by atoms with Crippen molar-refractivity contribution in [2.24, 2.45) is 11.3 Å². The van der Waals surface area contributed by atoms with Crippen molar-refractivity contribution in [3.05, 3.63) is 41.5 Å². The Morgan fingerprint density at radius 3 is 2.19 bits per heavy atom. The predicted octanol–water partition coefficient (Wildman–Crippen LogP) is 4.87. The van der Waals surface area contributed by atoms with Gasteiger partial charge in [-0.3, -0.25) is 0 Å². The normalized spacial score (nSPS) is 22.9. The maximum atomic E-state index is 2.37. The minimum absolute atomic E-state index is 0.550. The summed E-state index contributed by atoms with van der Waals surface area (Å²) in [6.45, 7) is 9.14. The van der Waals surface area contributed by atoms with Gasteiger partial charge in [-0.1, -0.05) is 64.1 Å². The highest BCUT2D eigenvalue weighted by Gasteiger charge is 2.43. The van der Waals surface area contributed by atoms with Crippen LogP contribution >= 0.6 is 0 Å². The lowest BCUT2D eigenvalue weighted by molar-refractivity contribution is 0.611. The van der Waals surface area contributed by atoms with E-state index in [1.807, 2.05) is 0 Å². The molecular weight excluding hydrogens is 192 g/mol. The monoisotopic (exact) mass is 214 g/mol. The average Bonchev–Trinajstić information content (AvgIpc) is 2.84. The molecule has 1 aliphatic rings. The van der Waals surface area contributed by atoms with Crippen LogP contribution in [-0.2, 0) is 0 Å². The third-order valence-electron chi connectivity index (χ3n) is 3.71. The summed E-state index contributed by atoms with van der Waals surface area (Å²) in [4.78, 5) is 0. The van der Waals surface area contributed by atoms with Crippen molar-refractivity contribution in [3.63, 3.8) is 0 Å². The van der Waals surface area contributed by atoms with Crippen LogP contribution in [0.3, 0.4) is 0 Å². The number of benzene rings is 1. The molecule has 0 aromatic heterocycles. The number of hydrogen-bond acceptors (Lipinski definition) is 0. The molecule has 1 aromatic rings. The Hall–Kier alpha value is -1.04. The van der Waals surface area contributed by atoms with E-state index in [9.17, 15) is 0 Å². The zero-order chi connectivity index (χ0) is 11.8. The first-order valence-corrected chi connectivity index (χ1v) is 6.27. The summed E-state index contributed by atoms with van der Waals surface area (Å²) in [6, 6.07) is 8.92. The van der Waals surface area contributed by atoms with Crippen molar-refractivity contribution in [2.45, 2.75) is 40.0 Å². The van der Waals surface area contributed by atoms with Crippen molar-refractivity contribution in [2.75, 3.05) is 0 Å². The van der Waals surface area contributed by atoms with Gasteiger partial charge in [-0.25, -0.2) is 0 Å². The van der Waals surface area contributed by atoms with Gasteiger partial charge in [-0.05, 0) is 34.8 Å². The summed E-state index contributed by atoms with van der Waals surface area (Å²) >= 11 is 0. The molecule has 0 radical (unpaired) electrons. The average molecular weight is 214 g/mol. The summed E-state index contributed by atoms with van der Waals surface area (Å²) in [7, 11) is 0. The van der Waals surface area contributed by atoms with E-state index in [1.54, 1.807) is 0 Å². The van der Waals surface area contributed by atoms with Gasteiger partial charge in [0, 0.05) is 0 Å². The van der Waals surface area contributed by atoms with E-state index in [-0.39, 0.29) is 0 Å². The molecule has 86 valence electrons. The molecule has 0 heteroatoms. The first-order chi connectivity index (χ1) is 7.49. The summed E-state index contributed by atoms with van der Waals surface area (Å²) in [5.41, 5.74) is 3.30. The maximum Gasteiger partial charge on any atom is -0.0173 e. The molecule has 1 fully saturated rings. The minimum atomic E-state index is 0.550. The molecule has 0 spiro atoms. The summed E-state index contributed by atoms with van der Waals surface area (Å²) in [5, 5.41) is 0. The van der Waals surface area contributed by atoms with E-state index < -0.39 is 0 Å². The largest absolute Gasteiger partial charge is 0.0803 e. The second-order valence-corrected chi connectivity index (χ2v) is 5.98. The Kier molecular flexibility index (Phi) is 2.92. The Labute approximate surface area is 99.4 Å². The Morgan fingerprint density at radius 2 is 1.75 bits per heavy atom. The molecule has 1 saturated carbocycles. The topological polar surface area (TPSA) is 0 Å². The SMILES string of the molecule is CC(C)c1ccc(C=CC2CC2(C)C)cc1. The van der Waals surface area contributed by atoms with Gasteiger partial charge in [-0.15, -0.1) is 0 Å². The highest BCUT2D eigenvalue weighted by Crippen LogP contribution is 2.52. The van der Waals surface area contributed by atoms with Crippen LogP contribution in [0.1, 0.15) is 51.2 Å². The second kappa shape index (κ2) is 4.08. The first-order valence-electron chi connectivity index (χ1n) is 6.27. The van der Waals surface area contributed by atoms with E-state index in [4.69, 9.17) is 0 Å². The molecule has 0 amide bonds. The van der Waals surface area contributed by atoms with Gasteiger partial charge in [0.2, 0.25) is 0 Å². The fourth-order valence-corrected chi connectivity index (χ4v) is 2.06. The summed E-state index contributed by atoms with van der Waals surface area (Å²) in [5.74, 6) is 1.41. The summed E-state index contributed by atoms with van der Waals surface area (Å²) in [6.07, 6.45) is 5.97. The quantitative estimate of drug-likeness (QED) is 0.673. The molecule has 1 unspecified atom stereocenters. The molecule has 0 saturated heterocycles. The standard InChI is InChI=1S/C16H22/c1-12(2)14-8-5-13(6-9-14)7-10-15-11-16(15,3)4/h5-10,12,15H,11H2,1-4H3. The molecule has 1 atom stereocenters. The van der Waals surface area contributed by atoms with Gasteiger partial charge in [0.1, 0.15) is 0 Å². The highest BCUT2D eigenvalue weighted by atomic mass is 14.5. The molecule has 0 bridgehead atoms. The van der Waals surface area contributed by atoms with Crippen LogP contribution in [0.5, 0.6) is 0 Å². The molecule has 1 aliphatic carbocycles. The molecule has 2 rings (SSSR count). The fourth-order valence-electron chi connectivity index (χ4n) is 2.06. The van der Waals surface area contributed by atoms with E-state index in [1.165, 1.54) is 17.5 Å². The number of rotatable bonds is 3. The van der Waals surface area contributed by atoms with Gasteiger partial charge >= 0.3 is 0 Å². The van der Waals surface area contributed by atoms with E-state index >= 15 is 0 Å². The zero-order valence-corrected chi connectivity index (χ0v) is 10.8. The van der Waals surface area contributed by atoms with Crippen molar-refractivity contribution in [1.29, 1.82) is 0 Å². The Balaban J connectivity index is 2.01. The second-order valence-electron chi connectivity index (χ2n) is 5.98. The molecule has 0 nitrogen and oxygen atoms in total. The lowest BCUT2D eigenvalue weighted by atomic mass is 10.0. The van der Waals surface area contributed by atoms with Gasteiger partial charge < -0.3 is 0 Å². The summed E-state index contributed by atoms with van der Waals surface area (Å²) < 4.78 is 0. The van der Waals surface area contributed by atoms with Crippen LogP contribution in [0, 0.1) is 11.3 Å². The van der Waals surface area contributed by atoms with Gasteiger partial charge in [0.15, 0.2) is 0 Å². The third kappa shape index (κ3) is 2.55. The van der Waals surface area contributed by atoms with Gasteiger partial charge in [0.25, 0.3) is 0 Å². The van der Waals surface area contributed by atoms with E-state index in [0.717, 1.165) is 5.92 Å². The smallest absolute Gasteiger partial charge is 0.0173 e. The van der Waals surface area contributed by atoms with Gasteiger partial charge in [0.05, 0.1) is 0 Å². The molecule has 0 heterocycles. The van der Waals surface area contributed by atoms with Crippen molar-refractivity contribution in [3.8, 4) is 0 Å². The maximum absolute atomic E-state index is 2.37. The predicted molar refractivity (Wildman–Crippen MR) is 71.5 cm³/mol. The van der Waals surface area contributed by atoms with Crippen LogP contribution in [-0.4, -0.2) is 0 Å². The number of allylic oxidation sites excluding steroid dienone is 1. The van der Waals surface area contributed by atoms with Crippen LogP contribution < -0.4 is 0 Å². The first kappa shape index (κ1) is 11.4. The van der Waals surface area contributed by atoms with Crippen molar-refractivity contribution in [1.82, 2.24) is 0 Å². The molecule has 1 aromatic carbocycles. The van der Waals surface area contributed by atoms with E-state index in [2.05, 4.69) is 64.1 Å². The fraction of sp³-hybridized carbons (Fsp3) is 0.500. The van der Waals surface area contributed by atoms with E-state index in [0.29, 0.717) is 11.3 Å². The van der Waals surface area contributed by atoms with Crippen molar-refractivity contribution >= 4 is 6.08 Å². The third-order valence-corrected chi connectivity index (χ3v) is 3.71. The highest BCUT2D eigenvalue weighted by molar-refractivity contribution is 5.51. The van der Waals surface area contributed by atoms with Crippen LogP contribution in [0.4, 0.5) is 0 Å². The molecule has 16 heavy (non-hydrogen) atoms. The van der Waals surface area contributed by atoms with Crippen LogP contribution in [0.25, 0.3) is 6.08 Å². The zero-order valence-electron chi connectivity index (χ0n) is 10.8. The van der Waals surface area contributed by atoms with Crippen LogP contribution in [0.2, 0.25) is 0 Å². The minimum Gasteiger partial charge on any atom is -0.0803 e. The molecule has 0 aliphatic heterocycles. The molecular formula is C16H22. The Morgan fingerprint density at radius 1 is 1.19 bits per heavy atom. The lowest BCUT2D eigenvalue weighted by Crippen LogP contribution is -1.87.